The summed E-state index contributed by atoms with van der Waals surface area (Å²) < 4.78 is 5.30. The molecule has 2 aromatic heterocycles. The smallest absolute Gasteiger partial charge is 0.263 e. The van der Waals surface area contributed by atoms with Crippen molar-refractivity contribution in [2.75, 3.05) is 25.5 Å². The van der Waals surface area contributed by atoms with Crippen molar-refractivity contribution in [3.63, 3.8) is 0 Å². The largest absolute Gasteiger partial charge is 0.397 e. The Morgan fingerprint density at radius 2 is 2.45 bits per heavy atom. The van der Waals surface area contributed by atoms with Crippen LogP contribution in [0.3, 0.4) is 0 Å². The summed E-state index contributed by atoms with van der Waals surface area (Å²) in [5, 5.41) is 3.80. The third-order valence-electron chi connectivity index (χ3n) is 3.51. The van der Waals surface area contributed by atoms with E-state index in [-0.39, 0.29) is 5.91 Å². The number of ether oxygens (including phenoxy) is 1. The number of hydrogen-bond donors (Lipinski definition) is 2. The highest BCUT2D eigenvalue weighted by molar-refractivity contribution is 7.21. The molecule has 3 rings (SSSR count). The normalized spacial score (nSPS) is 18.6. The number of pyridine rings is 1. The average Bonchev–Trinajstić information content (AvgIpc) is 3.04. The first-order valence-corrected chi connectivity index (χ1v) is 7.48. The Labute approximate surface area is 121 Å². The van der Waals surface area contributed by atoms with Gasteiger partial charge in [-0.15, -0.1) is 11.3 Å². The van der Waals surface area contributed by atoms with E-state index in [4.69, 9.17) is 10.5 Å². The van der Waals surface area contributed by atoms with Gasteiger partial charge in [0, 0.05) is 30.1 Å². The summed E-state index contributed by atoms with van der Waals surface area (Å²) in [5.41, 5.74) is 7.51. The molecule has 0 aliphatic carbocycles. The zero-order valence-corrected chi connectivity index (χ0v) is 12.1. The van der Waals surface area contributed by atoms with Crippen molar-refractivity contribution >= 4 is 33.1 Å². The van der Waals surface area contributed by atoms with Crippen molar-refractivity contribution in [1.29, 1.82) is 0 Å². The number of aromatic nitrogens is 1. The molecule has 3 N–H and O–H groups in total. The van der Waals surface area contributed by atoms with Crippen LogP contribution in [0.5, 0.6) is 0 Å². The molecular formula is C14H17N3O2S. The van der Waals surface area contributed by atoms with Crippen molar-refractivity contribution in [3.8, 4) is 0 Å². The van der Waals surface area contributed by atoms with Crippen LogP contribution in [-0.2, 0) is 4.74 Å². The monoisotopic (exact) mass is 291 g/mol. The first-order valence-electron chi connectivity index (χ1n) is 6.66. The van der Waals surface area contributed by atoms with Gasteiger partial charge in [0.15, 0.2) is 0 Å². The number of carbonyl (C=O) groups is 1. The van der Waals surface area contributed by atoms with Crippen LogP contribution in [0.15, 0.2) is 12.1 Å². The Kier molecular flexibility index (Phi) is 3.58. The van der Waals surface area contributed by atoms with Gasteiger partial charge in [0.25, 0.3) is 5.91 Å². The standard InChI is InChI=1S/C14H17N3O2S/c1-8-2-3-10-11(15)12(20-14(10)17-8)13(18)16-6-9-4-5-19-7-9/h2-3,9H,4-7,15H2,1H3,(H,16,18). The van der Waals surface area contributed by atoms with Gasteiger partial charge in [-0.25, -0.2) is 4.98 Å². The Hall–Kier alpha value is -1.66. The summed E-state index contributed by atoms with van der Waals surface area (Å²) in [6.45, 7) is 4.08. The molecule has 6 heteroatoms. The minimum Gasteiger partial charge on any atom is -0.397 e. The first kappa shape index (κ1) is 13.3. The highest BCUT2D eigenvalue weighted by Crippen LogP contribution is 2.32. The molecule has 0 radical (unpaired) electrons. The number of carbonyl (C=O) groups excluding carboxylic acids is 1. The number of anilines is 1. The second-order valence-corrected chi connectivity index (χ2v) is 6.09. The zero-order valence-electron chi connectivity index (χ0n) is 11.3. The fraction of sp³-hybridized carbons (Fsp3) is 0.429. The first-order chi connectivity index (χ1) is 9.65. The number of hydrogen-bond acceptors (Lipinski definition) is 5. The van der Waals surface area contributed by atoms with Crippen molar-refractivity contribution < 1.29 is 9.53 Å². The molecule has 3 heterocycles. The molecule has 1 amide bonds. The number of aryl methyl sites for hydroxylation is 1. The van der Waals surface area contributed by atoms with Gasteiger partial charge in [0.2, 0.25) is 0 Å². The van der Waals surface area contributed by atoms with Crippen LogP contribution in [0.2, 0.25) is 0 Å². The molecule has 1 aliphatic heterocycles. The van der Waals surface area contributed by atoms with E-state index in [1.807, 2.05) is 19.1 Å². The van der Waals surface area contributed by atoms with Crippen LogP contribution in [0.1, 0.15) is 21.8 Å². The summed E-state index contributed by atoms with van der Waals surface area (Å²) >= 11 is 1.35. The molecule has 5 nitrogen and oxygen atoms in total. The predicted molar refractivity (Wildman–Crippen MR) is 80.0 cm³/mol. The number of amides is 1. The Morgan fingerprint density at radius 3 is 3.20 bits per heavy atom. The van der Waals surface area contributed by atoms with E-state index in [2.05, 4.69) is 10.3 Å². The zero-order chi connectivity index (χ0) is 14.1. The fourth-order valence-corrected chi connectivity index (χ4v) is 3.38. The van der Waals surface area contributed by atoms with E-state index in [1.165, 1.54) is 11.3 Å². The van der Waals surface area contributed by atoms with Crippen molar-refractivity contribution in [2.45, 2.75) is 13.3 Å². The number of nitrogen functional groups attached to an aromatic ring is 1. The summed E-state index contributed by atoms with van der Waals surface area (Å²) in [4.78, 5) is 18.0. The lowest BCUT2D eigenvalue weighted by molar-refractivity contribution is 0.0950. The molecule has 20 heavy (non-hydrogen) atoms. The highest BCUT2D eigenvalue weighted by Gasteiger charge is 2.20. The van der Waals surface area contributed by atoms with E-state index in [1.54, 1.807) is 0 Å². The molecule has 1 unspecified atom stereocenters. The van der Waals surface area contributed by atoms with Gasteiger partial charge >= 0.3 is 0 Å². The van der Waals surface area contributed by atoms with Crippen LogP contribution in [0, 0.1) is 12.8 Å². The maximum absolute atomic E-state index is 12.2. The van der Waals surface area contributed by atoms with Crippen molar-refractivity contribution in [1.82, 2.24) is 10.3 Å². The summed E-state index contributed by atoms with van der Waals surface area (Å²) in [6.07, 6.45) is 1.00. The molecule has 0 bridgehead atoms. The van der Waals surface area contributed by atoms with E-state index in [0.717, 1.165) is 35.5 Å². The SMILES string of the molecule is Cc1ccc2c(N)c(C(=O)NCC3CCOC3)sc2n1. The molecule has 1 aliphatic rings. The molecule has 0 aromatic carbocycles. The second kappa shape index (κ2) is 5.38. The molecule has 0 saturated carbocycles. The van der Waals surface area contributed by atoms with Gasteiger partial charge in [0.1, 0.15) is 9.71 Å². The summed E-state index contributed by atoms with van der Waals surface area (Å²) in [6, 6.07) is 3.83. The minimum atomic E-state index is -0.116. The Balaban J connectivity index is 1.78. The van der Waals surface area contributed by atoms with Gasteiger partial charge in [0.05, 0.1) is 12.3 Å². The van der Waals surface area contributed by atoms with Gasteiger partial charge in [-0.3, -0.25) is 4.79 Å². The lowest BCUT2D eigenvalue weighted by atomic mass is 10.1. The summed E-state index contributed by atoms with van der Waals surface area (Å²) in [7, 11) is 0. The predicted octanol–water partition coefficient (Wildman–Crippen LogP) is 1.95. The lowest BCUT2D eigenvalue weighted by Crippen LogP contribution is -2.29. The van der Waals surface area contributed by atoms with Crippen molar-refractivity contribution in [2.24, 2.45) is 5.92 Å². The molecule has 106 valence electrons. The highest BCUT2D eigenvalue weighted by atomic mass is 32.1. The quantitative estimate of drug-likeness (QED) is 0.906. The summed E-state index contributed by atoms with van der Waals surface area (Å²) in [5.74, 6) is 0.296. The van der Waals surface area contributed by atoms with Crippen LogP contribution in [-0.4, -0.2) is 30.6 Å². The second-order valence-electron chi connectivity index (χ2n) is 5.09. The number of nitrogens with two attached hydrogens (primary N) is 1. The van der Waals surface area contributed by atoms with Crippen LogP contribution in [0.4, 0.5) is 5.69 Å². The maximum Gasteiger partial charge on any atom is 0.263 e. The van der Waals surface area contributed by atoms with E-state index in [9.17, 15) is 4.79 Å². The molecule has 1 atom stereocenters. The van der Waals surface area contributed by atoms with E-state index >= 15 is 0 Å². The number of thiophene rings is 1. The number of rotatable bonds is 3. The molecular weight excluding hydrogens is 274 g/mol. The van der Waals surface area contributed by atoms with E-state index in [0.29, 0.717) is 23.0 Å². The van der Waals surface area contributed by atoms with Gasteiger partial charge in [-0.05, 0) is 25.5 Å². The number of nitrogens with one attached hydrogen (secondary N) is 1. The molecule has 1 saturated heterocycles. The Bertz CT molecular complexity index is 647. The van der Waals surface area contributed by atoms with Crippen LogP contribution in [0.25, 0.3) is 10.2 Å². The molecule has 1 fully saturated rings. The topological polar surface area (TPSA) is 77.2 Å². The van der Waals surface area contributed by atoms with Gasteiger partial charge in [-0.2, -0.15) is 0 Å². The van der Waals surface area contributed by atoms with E-state index < -0.39 is 0 Å². The minimum absolute atomic E-state index is 0.116. The van der Waals surface area contributed by atoms with Crippen molar-refractivity contribution in [3.05, 3.63) is 22.7 Å². The van der Waals surface area contributed by atoms with Gasteiger partial charge in [-0.1, -0.05) is 0 Å². The third-order valence-corrected chi connectivity index (χ3v) is 4.63. The maximum atomic E-state index is 12.2. The molecule has 2 aromatic rings. The number of fused-ring (bicyclic) bond motifs is 1. The third kappa shape index (κ3) is 2.48. The lowest BCUT2D eigenvalue weighted by Gasteiger charge is -2.08. The number of nitrogens with zero attached hydrogens (tertiary/aromatic N) is 1. The fourth-order valence-electron chi connectivity index (χ4n) is 2.32. The average molecular weight is 291 g/mol. The molecule has 0 spiro atoms. The van der Waals surface area contributed by atoms with Crippen LogP contribution < -0.4 is 11.1 Å². The van der Waals surface area contributed by atoms with Gasteiger partial charge < -0.3 is 15.8 Å². The Morgan fingerprint density at radius 1 is 1.60 bits per heavy atom. The van der Waals surface area contributed by atoms with Crippen LogP contribution >= 0.6 is 11.3 Å².